The maximum atomic E-state index is 9.05. The third-order valence-electron chi connectivity index (χ3n) is 2.71. The van der Waals surface area contributed by atoms with Crippen LogP contribution in [0.2, 0.25) is 5.02 Å². The Morgan fingerprint density at radius 1 is 1.22 bits per heavy atom. The minimum Gasteiger partial charge on any atom is -0.192 e. The monoisotopic (exact) mass is 273 g/mol. The molecule has 90 valence electrons. The average Bonchev–Trinajstić information content (AvgIpc) is 2.38. The lowest BCUT2D eigenvalue weighted by Crippen LogP contribution is -1.87. The van der Waals surface area contributed by atoms with Gasteiger partial charge < -0.3 is 0 Å². The molecule has 0 unspecified atom stereocenters. The molecule has 18 heavy (non-hydrogen) atoms. The summed E-state index contributed by atoms with van der Waals surface area (Å²) in [6, 6.07) is 15.8. The normalized spacial score (nSPS) is 10.1. The number of nitriles is 1. The topological polar surface area (TPSA) is 23.8 Å². The summed E-state index contributed by atoms with van der Waals surface area (Å²) in [6.45, 7) is 2.10. The van der Waals surface area contributed by atoms with Crippen molar-refractivity contribution in [2.45, 2.75) is 17.6 Å². The van der Waals surface area contributed by atoms with Crippen molar-refractivity contribution in [3.05, 3.63) is 64.2 Å². The predicted molar refractivity (Wildman–Crippen MR) is 76.9 cm³/mol. The Balaban J connectivity index is 2.18. The van der Waals surface area contributed by atoms with E-state index in [-0.39, 0.29) is 0 Å². The first-order valence-electron chi connectivity index (χ1n) is 5.57. The van der Waals surface area contributed by atoms with Gasteiger partial charge in [0.15, 0.2) is 0 Å². The zero-order valence-electron chi connectivity index (χ0n) is 9.98. The molecule has 0 amide bonds. The van der Waals surface area contributed by atoms with Crippen LogP contribution in [0.4, 0.5) is 0 Å². The lowest BCUT2D eigenvalue weighted by molar-refractivity contribution is 1.29. The summed E-state index contributed by atoms with van der Waals surface area (Å²) < 4.78 is 0. The molecule has 0 bridgehead atoms. The fourth-order valence-corrected chi connectivity index (χ4v) is 2.99. The maximum Gasteiger partial charge on any atom is 0.100 e. The SMILES string of the molecule is Cc1ccccc1CSc1cc(Cl)ccc1C#N. The van der Waals surface area contributed by atoms with E-state index in [4.69, 9.17) is 16.9 Å². The largest absolute Gasteiger partial charge is 0.192 e. The van der Waals surface area contributed by atoms with Gasteiger partial charge in [-0.2, -0.15) is 5.26 Å². The fourth-order valence-electron chi connectivity index (χ4n) is 1.64. The summed E-state index contributed by atoms with van der Waals surface area (Å²) >= 11 is 7.61. The molecular weight excluding hydrogens is 262 g/mol. The van der Waals surface area contributed by atoms with Gasteiger partial charge in [0.05, 0.1) is 5.56 Å². The molecule has 0 atom stereocenters. The van der Waals surface area contributed by atoms with E-state index in [9.17, 15) is 0 Å². The van der Waals surface area contributed by atoms with Gasteiger partial charge in [0.1, 0.15) is 6.07 Å². The second-order valence-electron chi connectivity index (χ2n) is 3.97. The van der Waals surface area contributed by atoms with E-state index in [2.05, 4.69) is 25.1 Å². The molecule has 0 aliphatic heterocycles. The van der Waals surface area contributed by atoms with Crippen LogP contribution in [0, 0.1) is 18.3 Å². The van der Waals surface area contributed by atoms with Crippen LogP contribution >= 0.6 is 23.4 Å². The van der Waals surface area contributed by atoms with Gasteiger partial charge >= 0.3 is 0 Å². The highest BCUT2D eigenvalue weighted by Crippen LogP contribution is 2.29. The van der Waals surface area contributed by atoms with E-state index < -0.39 is 0 Å². The minimum absolute atomic E-state index is 0.668. The molecule has 0 heterocycles. The molecule has 0 aliphatic rings. The van der Waals surface area contributed by atoms with E-state index in [1.165, 1.54) is 11.1 Å². The molecule has 0 saturated carbocycles. The van der Waals surface area contributed by atoms with Crippen molar-refractivity contribution >= 4 is 23.4 Å². The van der Waals surface area contributed by atoms with Crippen LogP contribution in [-0.2, 0) is 5.75 Å². The molecule has 0 fully saturated rings. The van der Waals surface area contributed by atoms with E-state index in [1.54, 1.807) is 23.9 Å². The second kappa shape index (κ2) is 5.95. The van der Waals surface area contributed by atoms with Gasteiger partial charge in [-0.15, -0.1) is 11.8 Å². The number of hydrogen-bond acceptors (Lipinski definition) is 2. The quantitative estimate of drug-likeness (QED) is 0.749. The fraction of sp³-hybridized carbons (Fsp3) is 0.133. The number of benzene rings is 2. The highest BCUT2D eigenvalue weighted by Gasteiger charge is 2.05. The Kier molecular flexibility index (Phi) is 4.30. The van der Waals surface area contributed by atoms with Crippen molar-refractivity contribution in [3.63, 3.8) is 0 Å². The van der Waals surface area contributed by atoms with Crippen molar-refractivity contribution in [2.24, 2.45) is 0 Å². The lowest BCUT2D eigenvalue weighted by atomic mass is 10.1. The van der Waals surface area contributed by atoms with E-state index >= 15 is 0 Å². The van der Waals surface area contributed by atoms with Gasteiger partial charge in [0, 0.05) is 15.7 Å². The molecule has 0 aliphatic carbocycles. The molecule has 2 rings (SSSR count). The Labute approximate surface area is 116 Å². The molecule has 0 radical (unpaired) electrons. The van der Waals surface area contributed by atoms with E-state index in [0.29, 0.717) is 10.6 Å². The highest BCUT2D eigenvalue weighted by molar-refractivity contribution is 7.98. The van der Waals surface area contributed by atoms with Crippen LogP contribution in [0.1, 0.15) is 16.7 Å². The number of aryl methyl sites for hydroxylation is 1. The van der Waals surface area contributed by atoms with Crippen LogP contribution < -0.4 is 0 Å². The first-order valence-corrected chi connectivity index (χ1v) is 6.94. The van der Waals surface area contributed by atoms with Crippen molar-refractivity contribution in [1.82, 2.24) is 0 Å². The number of rotatable bonds is 3. The number of thioether (sulfide) groups is 1. The van der Waals surface area contributed by atoms with E-state index in [0.717, 1.165) is 10.6 Å². The molecule has 0 N–H and O–H groups in total. The van der Waals surface area contributed by atoms with Gasteiger partial charge in [-0.25, -0.2) is 0 Å². The van der Waals surface area contributed by atoms with Crippen molar-refractivity contribution < 1.29 is 0 Å². The van der Waals surface area contributed by atoms with Crippen LogP contribution in [0.3, 0.4) is 0 Å². The maximum absolute atomic E-state index is 9.05. The molecule has 2 aromatic rings. The molecule has 1 nitrogen and oxygen atoms in total. The van der Waals surface area contributed by atoms with Gasteiger partial charge in [-0.1, -0.05) is 35.9 Å². The summed E-state index contributed by atoms with van der Waals surface area (Å²) in [6.07, 6.45) is 0. The third kappa shape index (κ3) is 3.07. The van der Waals surface area contributed by atoms with Gasteiger partial charge in [0.25, 0.3) is 0 Å². The summed E-state index contributed by atoms with van der Waals surface area (Å²) in [5, 5.41) is 9.72. The lowest BCUT2D eigenvalue weighted by Gasteiger charge is -2.07. The first kappa shape index (κ1) is 13.0. The summed E-state index contributed by atoms with van der Waals surface area (Å²) in [7, 11) is 0. The molecule has 0 spiro atoms. The Morgan fingerprint density at radius 3 is 2.72 bits per heavy atom. The summed E-state index contributed by atoms with van der Waals surface area (Å²) in [5.74, 6) is 0.849. The molecule has 2 aromatic carbocycles. The molecule has 0 saturated heterocycles. The van der Waals surface area contributed by atoms with Crippen LogP contribution in [0.5, 0.6) is 0 Å². The standard InChI is InChI=1S/C15H12ClNS/c1-11-4-2-3-5-13(11)10-18-15-8-14(16)7-6-12(15)9-17/h2-8H,10H2,1H3. The molecule has 0 aromatic heterocycles. The molecular formula is C15H12ClNS. The predicted octanol–water partition coefficient (Wildman–Crippen LogP) is 4.81. The Hall–Kier alpha value is -1.43. The highest BCUT2D eigenvalue weighted by atomic mass is 35.5. The average molecular weight is 274 g/mol. The number of hydrogen-bond donors (Lipinski definition) is 0. The van der Waals surface area contributed by atoms with Crippen molar-refractivity contribution in [2.75, 3.05) is 0 Å². The zero-order chi connectivity index (χ0) is 13.0. The van der Waals surface area contributed by atoms with Gasteiger partial charge in [-0.05, 0) is 36.2 Å². The smallest absolute Gasteiger partial charge is 0.100 e. The second-order valence-corrected chi connectivity index (χ2v) is 5.42. The van der Waals surface area contributed by atoms with Gasteiger partial charge in [0.2, 0.25) is 0 Å². The first-order chi connectivity index (χ1) is 8.70. The molecule has 3 heteroatoms. The summed E-state index contributed by atoms with van der Waals surface area (Å²) in [5.41, 5.74) is 3.23. The van der Waals surface area contributed by atoms with Crippen LogP contribution in [-0.4, -0.2) is 0 Å². The zero-order valence-corrected chi connectivity index (χ0v) is 11.6. The Morgan fingerprint density at radius 2 is 2.00 bits per heavy atom. The van der Waals surface area contributed by atoms with Crippen LogP contribution in [0.15, 0.2) is 47.4 Å². The van der Waals surface area contributed by atoms with E-state index in [1.807, 2.05) is 18.2 Å². The number of nitrogens with zero attached hydrogens (tertiary/aromatic N) is 1. The van der Waals surface area contributed by atoms with Crippen molar-refractivity contribution in [3.8, 4) is 6.07 Å². The third-order valence-corrected chi connectivity index (χ3v) is 4.05. The van der Waals surface area contributed by atoms with Crippen molar-refractivity contribution in [1.29, 1.82) is 5.26 Å². The van der Waals surface area contributed by atoms with Gasteiger partial charge in [-0.3, -0.25) is 0 Å². The minimum atomic E-state index is 0.668. The number of halogens is 1. The van der Waals surface area contributed by atoms with Crippen LogP contribution in [0.25, 0.3) is 0 Å². The Bertz CT molecular complexity index is 602. The summed E-state index contributed by atoms with van der Waals surface area (Å²) in [4.78, 5) is 0.938.